The number of aliphatic hydroxyl groups is 1. The van der Waals surface area contributed by atoms with Crippen molar-refractivity contribution in [3.05, 3.63) is 0 Å². The third-order valence-corrected chi connectivity index (χ3v) is 4.02. The molecule has 1 aliphatic rings. The summed E-state index contributed by atoms with van der Waals surface area (Å²) in [5, 5.41) is 9.91. The molecule has 2 heteroatoms. The van der Waals surface area contributed by atoms with Gasteiger partial charge >= 0.3 is 0 Å². The summed E-state index contributed by atoms with van der Waals surface area (Å²) in [6.07, 6.45) is 9.44. The lowest BCUT2D eigenvalue weighted by Gasteiger charge is -2.24. The maximum Gasteiger partial charge on any atom is 0.0623 e. The maximum atomic E-state index is 9.91. The van der Waals surface area contributed by atoms with E-state index in [2.05, 4.69) is 13.8 Å². The van der Waals surface area contributed by atoms with Crippen LogP contribution in [0.15, 0.2) is 0 Å². The van der Waals surface area contributed by atoms with Gasteiger partial charge in [-0.1, -0.05) is 25.7 Å². The fourth-order valence-electron chi connectivity index (χ4n) is 2.49. The summed E-state index contributed by atoms with van der Waals surface area (Å²) < 4.78 is 5.35. The molecule has 0 heterocycles. The van der Waals surface area contributed by atoms with E-state index in [0.717, 1.165) is 25.2 Å². The molecule has 1 saturated carbocycles. The Morgan fingerprint density at radius 1 is 1.25 bits per heavy atom. The lowest BCUT2D eigenvalue weighted by atomic mass is 9.94. The number of hydrogen-bond donors (Lipinski definition) is 1. The van der Waals surface area contributed by atoms with Crippen molar-refractivity contribution in [3.63, 3.8) is 0 Å². The molecular formula is C14H28O2. The van der Waals surface area contributed by atoms with Crippen LogP contribution in [0.1, 0.15) is 65.2 Å². The number of rotatable bonds is 7. The lowest BCUT2D eigenvalue weighted by Crippen LogP contribution is -2.24. The van der Waals surface area contributed by atoms with Crippen LogP contribution in [-0.4, -0.2) is 23.9 Å². The van der Waals surface area contributed by atoms with Crippen LogP contribution in [0, 0.1) is 5.92 Å². The van der Waals surface area contributed by atoms with Crippen molar-refractivity contribution in [1.82, 2.24) is 0 Å². The Morgan fingerprint density at radius 3 is 2.44 bits per heavy atom. The van der Waals surface area contributed by atoms with E-state index in [1.165, 1.54) is 32.1 Å². The first-order valence-corrected chi connectivity index (χ1v) is 6.77. The van der Waals surface area contributed by atoms with E-state index in [1.54, 1.807) is 7.11 Å². The summed E-state index contributed by atoms with van der Waals surface area (Å²) in [6.45, 7) is 4.16. The van der Waals surface area contributed by atoms with Gasteiger partial charge in [-0.3, -0.25) is 0 Å². The normalized spacial score (nSPS) is 20.2. The van der Waals surface area contributed by atoms with E-state index < -0.39 is 0 Å². The van der Waals surface area contributed by atoms with Gasteiger partial charge in [0.15, 0.2) is 0 Å². The molecule has 0 bridgehead atoms. The predicted molar refractivity (Wildman–Crippen MR) is 67.5 cm³/mol. The Kier molecular flexibility index (Phi) is 5.77. The second-order valence-electron chi connectivity index (χ2n) is 5.88. The fraction of sp³-hybridized carbons (Fsp3) is 1.00. The van der Waals surface area contributed by atoms with Crippen LogP contribution in [0.2, 0.25) is 0 Å². The van der Waals surface area contributed by atoms with E-state index >= 15 is 0 Å². The quantitative estimate of drug-likeness (QED) is 0.722. The molecule has 0 aliphatic heterocycles. The number of ether oxygens (including phenoxy) is 1. The Morgan fingerprint density at radius 2 is 1.88 bits per heavy atom. The Hall–Kier alpha value is -0.0800. The molecule has 1 rings (SSSR count). The van der Waals surface area contributed by atoms with E-state index in [0.29, 0.717) is 0 Å². The van der Waals surface area contributed by atoms with Crippen molar-refractivity contribution in [3.8, 4) is 0 Å². The summed E-state index contributed by atoms with van der Waals surface area (Å²) in [6, 6.07) is 0. The smallest absolute Gasteiger partial charge is 0.0623 e. The van der Waals surface area contributed by atoms with Crippen LogP contribution < -0.4 is 0 Å². The number of hydrogen-bond acceptors (Lipinski definition) is 2. The Balaban J connectivity index is 2.08. The predicted octanol–water partition coefficient (Wildman–Crippen LogP) is 3.52. The highest BCUT2D eigenvalue weighted by atomic mass is 16.5. The van der Waals surface area contributed by atoms with Crippen molar-refractivity contribution in [1.29, 1.82) is 0 Å². The molecule has 0 aromatic heterocycles. The summed E-state index contributed by atoms with van der Waals surface area (Å²) in [5.74, 6) is 0.894. The van der Waals surface area contributed by atoms with Crippen molar-refractivity contribution in [2.24, 2.45) is 5.92 Å². The molecule has 1 fully saturated rings. The molecular weight excluding hydrogens is 200 g/mol. The molecule has 1 aliphatic carbocycles. The van der Waals surface area contributed by atoms with E-state index in [4.69, 9.17) is 4.74 Å². The number of methoxy groups -OCH3 is 1. The highest BCUT2D eigenvalue weighted by Gasteiger charge is 2.20. The fourth-order valence-corrected chi connectivity index (χ4v) is 2.49. The second-order valence-corrected chi connectivity index (χ2v) is 5.88. The van der Waals surface area contributed by atoms with Gasteiger partial charge in [-0.15, -0.1) is 0 Å². The molecule has 0 aromatic rings. The zero-order chi connectivity index (χ0) is 12.0. The van der Waals surface area contributed by atoms with E-state index in [-0.39, 0.29) is 11.7 Å². The minimum absolute atomic E-state index is 0.0889. The van der Waals surface area contributed by atoms with Gasteiger partial charge in [-0.25, -0.2) is 0 Å². The van der Waals surface area contributed by atoms with Gasteiger partial charge in [-0.2, -0.15) is 0 Å². The first-order chi connectivity index (χ1) is 7.53. The average Bonchev–Trinajstić information content (AvgIpc) is 2.76. The highest BCUT2D eigenvalue weighted by Crippen LogP contribution is 2.29. The zero-order valence-electron chi connectivity index (χ0n) is 11.2. The molecule has 0 spiro atoms. The highest BCUT2D eigenvalue weighted by molar-refractivity contribution is 4.73. The molecule has 0 saturated heterocycles. The van der Waals surface area contributed by atoms with Crippen LogP contribution in [0.25, 0.3) is 0 Å². The second kappa shape index (κ2) is 6.61. The molecule has 0 aromatic carbocycles. The van der Waals surface area contributed by atoms with Crippen molar-refractivity contribution in [2.45, 2.75) is 76.9 Å². The van der Waals surface area contributed by atoms with E-state index in [1.807, 2.05) is 0 Å². The minimum Gasteiger partial charge on any atom is -0.393 e. The van der Waals surface area contributed by atoms with E-state index in [9.17, 15) is 5.11 Å². The summed E-state index contributed by atoms with van der Waals surface area (Å²) in [5.41, 5.74) is -0.0889. The standard InChI is InChI=1S/C14H28O2/c1-14(2,16-3)11-10-13(15)9-8-12-6-4-5-7-12/h12-13,15H,4-11H2,1-3H3. The monoisotopic (exact) mass is 228 g/mol. The number of aliphatic hydroxyl groups excluding tert-OH is 1. The van der Waals surface area contributed by atoms with Crippen LogP contribution in [0.3, 0.4) is 0 Å². The van der Waals surface area contributed by atoms with Gasteiger partial charge in [0.1, 0.15) is 0 Å². The minimum atomic E-state index is -0.130. The molecule has 0 radical (unpaired) electrons. The third kappa shape index (κ3) is 5.31. The molecule has 1 atom stereocenters. The van der Waals surface area contributed by atoms with Gasteiger partial charge in [0.2, 0.25) is 0 Å². The Labute approximate surface area is 100 Å². The largest absolute Gasteiger partial charge is 0.393 e. The zero-order valence-corrected chi connectivity index (χ0v) is 11.2. The maximum absolute atomic E-state index is 9.91. The first-order valence-electron chi connectivity index (χ1n) is 6.77. The molecule has 1 unspecified atom stereocenters. The third-order valence-electron chi connectivity index (χ3n) is 4.02. The van der Waals surface area contributed by atoms with Crippen molar-refractivity contribution in [2.75, 3.05) is 7.11 Å². The lowest BCUT2D eigenvalue weighted by molar-refractivity contribution is 0.00173. The Bertz CT molecular complexity index is 183. The summed E-state index contributed by atoms with van der Waals surface area (Å²) in [4.78, 5) is 0. The van der Waals surface area contributed by atoms with Crippen LogP contribution in [0.4, 0.5) is 0 Å². The molecule has 1 N–H and O–H groups in total. The van der Waals surface area contributed by atoms with Crippen LogP contribution in [-0.2, 0) is 4.74 Å². The molecule has 0 amide bonds. The van der Waals surface area contributed by atoms with Crippen molar-refractivity contribution < 1.29 is 9.84 Å². The first kappa shape index (κ1) is 14.0. The average molecular weight is 228 g/mol. The van der Waals surface area contributed by atoms with Crippen LogP contribution >= 0.6 is 0 Å². The van der Waals surface area contributed by atoms with Crippen molar-refractivity contribution >= 4 is 0 Å². The SMILES string of the molecule is COC(C)(C)CCC(O)CCC1CCCC1. The van der Waals surface area contributed by atoms with Crippen LogP contribution in [0.5, 0.6) is 0 Å². The molecule has 96 valence electrons. The van der Waals surface area contributed by atoms with Gasteiger partial charge in [-0.05, 0) is 45.4 Å². The topological polar surface area (TPSA) is 29.5 Å². The van der Waals surface area contributed by atoms with Gasteiger partial charge in [0.05, 0.1) is 11.7 Å². The van der Waals surface area contributed by atoms with Gasteiger partial charge in [0.25, 0.3) is 0 Å². The summed E-state index contributed by atoms with van der Waals surface area (Å²) >= 11 is 0. The van der Waals surface area contributed by atoms with Gasteiger partial charge in [0, 0.05) is 7.11 Å². The van der Waals surface area contributed by atoms with Gasteiger partial charge < -0.3 is 9.84 Å². The molecule has 2 nitrogen and oxygen atoms in total. The summed E-state index contributed by atoms with van der Waals surface area (Å²) in [7, 11) is 1.74. The molecule has 16 heavy (non-hydrogen) atoms.